The summed E-state index contributed by atoms with van der Waals surface area (Å²) in [5.41, 5.74) is 0.0995. The Labute approximate surface area is 124 Å². The molecule has 0 spiro atoms. The van der Waals surface area contributed by atoms with Gasteiger partial charge < -0.3 is 10.1 Å². The van der Waals surface area contributed by atoms with E-state index in [0.717, 1.165) is 6.07 Å². The summed E-state index contributed by atoms with van der Waals surface area (Å²) >= 11 is 1.38. The second-order valence-electron chi connectivity index (χ2n) is 4.29. The number of halogens is 1. The lowest BCUT2D eigenvalue weighted by Crippen LogP contribution is -2.12. The molecule has 0 radical (unpaired) electrons. The fourth-order valence-electron chi connectivity index (χ4n) is 1.65. The molecule has 1 aromatic carbocycles. The SMILES string of the molecule is CC(=O)Nc1cc(C(=O)O[C@@H](C)c2nccs2)ccc1F. The molecule has 1 heterocycles. The van der Waals surface area contributed by atoms with Crippen LogP contribution in [-0.2, 0) is 9.53 Å². The van der Waals surface area contributed by atoms with Crippen LogP contribution in [0.2, 0.25) is 0 Å². The van der Waals surface area contributed by atoms with Crippen LogP contribution in [0.5, 0.6) is 0 Å². The summed E-state index contributed by atoms with van der Waals surface area (Å²) in [5, 5.41) is 4.78. The first-order valence-corrected chi connectivity index (χ1v) is 7.03. The van der Waals surface area contributed by atoms with Gasteiger partial charge in [-0.1, -0.05) is 0 Å². The summed E-state index contributed by atoms with van der Waals surface area (Å²) in [7, 11) is 0. The number of carbonyl (C=O) groups is 2. The monoisotopic (exact) mass is 308 g/mol. The van der Waals surface area contributed by atoms with Crippen molar-refractivity contribution in [2.75, 3.05) is 5.32 Å². The summed E-state index contributed by atoms with van der Waals surface area (Å²) in [6.45, 7) is 2.96. The molecule has 1 N–H and O–H groups in total. The van der Waals surface area contributed by atoms with E-state index in [-0.39, 0.29) is 11.3 Å². The Balaban J connectivity index is 2.14. The van der Waals surface area contributed by atoms with Gasteiger partial charge in [0.25, 0.3) is 0 Å². The summed E-state index contributed by atoms with van der Waals surface area (Å²) < 4.78 is 18.8. The third-order valence-electron chi connectivity index (χ3n) is 2.60. The van der Waals surface area contributed by atoms with Crippen molar-refractivity contribution in [1.82, 2.24) is 4.98 Å². The number of amides is 1. The predicted molar refractivity (Wildman–Crippen MR) is 76.6 cm³/mol. The molecule has 0 saturated carbocycles. The lowest BCUT2D eigenvalue weighted by molar-refractivity contribution is -0.114. The number of anilines is 1. The number of benzene rings is 1. The van der Waals surface area contributed by atoms with E-state index in [1.165, 1.54) is 30.4 Å². The average Bonchev–Trinajstić information content (AvgIpc) is 2.94. The van der Waals surface area contributed by atoms with Crippen LogP contribution in [-0.4, -0.2) is 16.9 Å². The molecule has 0 unspecified atom stereocenters. The van der Waals surface area contributed by atoms with E-state index in [1.807, 2.05) is 0 Å². The molecule has 0 aliphatic carbocycles. The number of rotatable bonds is 4. The number of nitrogens with one attached hydrogen (secondary N) is 1. The van der Waals surface area contributed by atoms with Gasteiger partial charge in [-0.15, -0.1) is 11.3 Å². The molecule has 0 aliphatic rings. The minimum absolute atomic E-state index is 0.0566. The molecule has 2 rings (SSSR count). The van der Waals surface area contributed by atoms with Crippen LogP contribution in [0.15, 0.2) is 29.8 Å². The Morgan fingerprint density at radius 3 is 2.81 bits per heavy atom. The van der Waals surface area contributed by atoms with Gasteiger partial charge in [-0.2, -0.15) is 0 Å². The number of nitrogens with zero attached hydrogens (tertiary/aromatic N) is 1. The van der Waals surface area contributed by atoms with Gasteiger partial charge in [0, 0.05) is 18.5 Å². The van der Waals surface area contributed by atoms with Gasteiger partial charge in [0.05, 0.1) is 11.3 Å². The third kappa shape index (κ3) is 3.85. The fraction of sp³-hybridized carbons (Fsp3) is 0.214. The molecule has 1 amide bonds. The fourth-order valence-corrected chi connectivity index (χ4v) is 2.27. The maximum atomic E-state index is 13.5. The smallest absolute Gasteiger partial charge is 0.338 e. The van der Waals surface area contributed by atoms with Crippen molar-refractivity contribution in [3.05, 3.63) is 46.2 Å². The minimum atomic E-state index is -0.616. The van der Waals surface area contributed by atoms with Gasteiger partial charge in [0.2, 0.25) is 5.91 Å². The Morgan fingerprint density at radius 2 is 2.19 bits per heavy atom. The number of hydrogen-bond acceptors (Lipinski definition) is 5. The Bertz CT molecular complexity index is 658. The van der Waals surface area contributed by atoms with E-state index in [0.29, 0.717) is 5.01 Å². The van der Waals surface area contributed by atoms with Crippen LogP contribution < -0.4 is 5.32 Å². The van der Waals surface area contributed by atoms with Crippen molar-refractivity contribution in [2.24, 2.45) is 0 Å². The van der Waals surface area contributed by atoms with E-state index < -0.39 is 23.8 Å². The normalized spacial score (nSPS) is 11.8. The van der Waals surface area contributed by atoms with E-state index in [1.54, 1.807) is 18.5 Å². The highest BCUT2D eigenvalue weighted by Crippen LogP contribution is 2.22. The molecular formula is C14H13FN2O3S. The van der Waals surface area contributed by atoms with Gasteiger partial charge in [0.15, 0.2) is 6.10 Å². The van der Waals surface area contributed by atoms with Gasteiger partial charge in [0.1, 0.15) is 10.8 Å². The number of aromatic nitrogens is 1. The zero-order valence-corrected chi connectivity index (χ0v) is 12.2. The molecule has 0 bridgehead atoms. The maximum absolute atomic E-state index is 13.5. The zero-order chi connectivity index (χ0) is 15.4. The minimum Gasteiger partial charge on any atom is -0.452 e. The predicted octanol–water partition coefficient (Wildman–Crippen LogP) is 3.16. The Kier molecular flexibility index (Phi) is 4.64. The van der Waals surface area contributed by atoms with E-state index in [9.17, 15) is 14.0 Å². The van der Waals surface area contributed by atoms with Crippen molar-refractivity contribution in [2.45, 2.75) is 20.0 Å². The molecule has 110 valence electrons. The first kappa shape index (κ1) is 15.1. The first-order valence-electron chi connectivity index (χ1n) is 6.15. The molecule has 1 atom stereocenters. The van der Waals surface area contributed by atoms with Crippen molar-refractivity contribution < 1.29 is 18.7 Å². The highest BCUT2D eigenvalue weighted by atomic mass is 32.1. The highest BCUT2D eigenvalue weighted by Gasteiger charge is 2.17. The lowest BCUT2D eigenvalue weighted by atomic mass is 10.2. The lowest BCUT2D eigenvalue weighted by Gasteiger charge is -2.11. The molecular weight excluding hydrogens is 295 g/mol. The topological polar surface area (TPSA) is 68.3 Å². The van der Waals surface area contributed by atoms with Crippen LogP contribution in [0.1, 0.15) is 35.3 Å². The summed E-state index contributed by atoms with van der Waals surface area (Å²) in [6, 6.07) is 3.65. The Hall–Kier alpha value is -2.28. The van der Waals surface area contributed by atoms with Crippen LogP contribution in [0.3, 0.4) is 0 Å². The molecule has 1 aromatic heterocycles. The second-order valence-corrected chi connectivity index (χ2v) is 5.22. The van der Waals surface area contributed by atoms with Crippen molar-refractivity contribution in [1.29, 1.82) is 0 Å². The molecule has 0 fully saturated rings. The highest BCUT2D eigenvalue weighted by molar-refractivity contribution is 7.09. The van der Waals surface area contributed by atoms with Gasteiger partial charge in [-0.05, 0) is 25.1 Å². The quantitative estimate of drug-likeness (QED) is 0.881. The van der Waals surface area contributed by atoms with Gasteiger partial charge in [-0.25, -0.2) is 14.2 Å². The summed E-state index contributed by atoms with van der Waals surface area (Å²) in [4.78, 5) is 27.1. The van der Waals surface area contributed by atoms with Crippen LogP contribution in [0.4, 0.5) is 10.1 Å². The number of esters is 1. The van der Waals surface area contributed by atoms with Crippen LogP contribution in [0.25, 0.3) is 0 Å². The molecule has 2 aromatic rings. The van der Waals surface area contributed by atoms with Crippen LogP contribution >= 0.6 is 11.3 Å². The Morgan fingerprint density at radius 1 is 1.43 bits per heavy atom. The zero-order valence-electron chi connectivity index (χ0n) is 11.4. The largest absolute Gasteiger partial charge is 0.452 e. The van der Waals surface area contributed by atoms with Gasteiger partial charge >= 0.3 is 5.97 Å². The number of hydrogen-bond donors (Lipinski definition) is 1. The van der Waals surface area contributed by atoms with Crippen molar-refractivity contribution in [3.63, 3.8) is 0 Å². The number of thiazole rings is 1. The molecule has 21 heavy (non-hydrogen) atoms. The van der Waals surface area contributed by atoms with Gasteiger partial charge in [-0.3, -0.25) is 4.79 Å². The second kappa shape index (κ2) is 6.45. The average molecular weight is 308 g/mol. The van der Waals surface area contributed by atoms with Crippen molar-refractivity contribution >= 4 is 28.9 Å². The molecule has 5 nitrogen and oxygen atoms in total. The third-order valence-corrected chi connectivity index (χ3v) is 3.53. The van der Waals surface area contributed by atoms with Crippen molar-refractivity contribution in [3.8, 4) is 0 Å². The standard InChI is InChI=1S/C14H13FN2O3S/c1-8(13-16-5-6-21-13)20-14(19)10-3-4-11(15)12(7-10)17-9(2)18/h3-8H,1-2H3,(H,17,18)/t8-/m0/s1. The molecule has 7 heteroatoms. The first-order chi connectivity index (χ1) is 9.97. The summed E-state index contributed by atoms with van der Waals surface area (Å²) in [5.74, 6) is -1.64. The van der Waals surface area contributed by atoms with E-state index in [4.69, 9.17) is 4.74 Å². The number of ether oxygens (including phenoxy) is 1. The molecule has 0 aliphatic heterocycles. The number of carbonyl (C=O) groups excluding carboxylic acids is 2. The van der Waals surface area contributed by atoms with Crippen LogP contribution in [0, 0.1) is 5.82 Å². The maximum Gasteiger partial charge on any atom is 0.338 e. The molecule has 0 saturated heterocycles. The van der Waals surface area contributed by atoms with E-state index >= 15 is 0 Å². The summed E-state index contributed by atoms with van der Waals surface area (Å²) in [6.07, 6.45) is 1.13. The van der Waals surface area contributed by atoms with E-state index in [2.05, 4.69) is 10.3 Å².